The quantitative estimate of drug-likeness (QED) is 0.710. The van der Waals surface area contributed by atoms with E-state index in [0.717, 1.165) is 48.7 Å². The Morgan fingerprint density at radius 2 is 2.00 bits per heavy atom. The topological polar surface area (TPSA) is 60.2 Å². The fourth-order valence-corrected chi connectivity index (χ4v) is 3.78. The monoisotopic (exact) mass is 364 g/mol. The Kier molecular flexibility index (Phi) is 4.56. The van der Waals surface area contributed by atoms with Gasteiger partial charge in [-0.3, -0.25) is 4.79 Å². The molecule has 6 nitrogen and oxygen atoms in total. The maximum absolute atomic E-state index is 13.4. The van der Waals surface area contributed by atoms with Crippen LogP contribution in [0.2, 0.25) is 0 Å². The number of para-hydroxylation sites is 2. The van der Waals surface area contributed by atoms with Crippen LogP contribution in [0, 0.1) is 6.92 Å². The van der Waals surface area contributed by atoms with Gasteiger partial charge in [0, 0.05) is 25.7 Å². The van der Waals surface area contributed by atoms with Crippen LogP contribution in [-0.4, -0.2) is 34.6 Å². The highest BCUT2D eigenvalue weighted by molar-refractivity contribution is 6.12. The number of hydrogen-bond donors (Lipinski definition) is 0. The summed E-state index contributed by atoms with van der Waals surface area (Å²) >= 11 is 0. The zero-order chi connectivity index (χ0) is 19.0. The van der Waals surface area contributed by atoms with Crippen LogP contribution >= 0.6 is 0 Å². The molecular weight excluding hydrogens is 340 g/mol. The van der Waals surface area contributed by atoms with Gasteiger partial charge in [-0.15, -0.1) is 0 Å². The molecule has 0 saturated heterocycles. The van der Waals surface area contributed by atoms with E-state index in [2.05, 4.69) is 4.57 Å². The normalized spacial score (nSPS) is 13.9. The molecule has 2 aromatic heterocycles. The molecule has 0 N–H and O–H groups in total. The van der Waals surface area contributed by atoms with Gasteiger partial charge in [0.05, 0.1) is 18.4 Å². The first-order chi connectivity index (χ1) is 13.1. The highest BCUT2D eigenvalue weighted by Crippen LogP contribution is 2.30. The molecule has 0 radical (unpaired) electrons. The molecule has 0 atom stereocenters. The van der Waals surface area contributed by atoms with Crippen molar-refractivity contribution in [1.82, 2.24) is 14.5 Å². The number of carbonyl (C=O) groups excluding carboxylic acids is 1. The highest BCUT2D eigenvalue weighted by atomic mass is 16.5. The van der Waals surface area contributed by atoms with Gasteiger partial charge in [-0.05, 0) is 38.0 Å². The number of anilines is 1. The number of amides is 1. The highest BCUT2D eigenvalue weighted by Gasteiger charge is 2.24. The van der Waals surface area contributed by atoms with E-state index in [1.807, 2.05) is 37.3 Å². The predicted octanol–water partition coefficient (Wildman–Crippen LogP) is 3.75. The lowest BCUT2D eigenvalue weighted by Crippen LogP contribution is -2.27. The zero-order valence-corrected chi connectivity index (χ0v) is 16.0. The van der Waals surface area contributed by atoms with Crippen LogP contribution in [0.1, 0.15) is 41.1 Å². The van der Waals surface area contributed by atoms with E-state index in [1.165, 1.54) is 6.42 Å². The van der Waals surface area contributed by atoms with Crippen LogP contribution < -0.4 is 9.64 Å². The summed E-state index contributed by atoms with van der Waals surface area (Å²) in [6.45, 7) is 2.84. The Labute approximate surface area is 158 Å². The smallest absolute Gasteiger partial charge is 0.260 e. The van der Waals surface area contributed by atoms with Crippen LogP contribution in [0.5, 0.6) is 5.75 Å². The van der Waals surface area contributed by atoms with Crippen molar-refractivity contribution < 1.29 is 9.53 Å². The van der Waals surface area contributed by atoms with Crippen LogP contribution in [0.3, 0.4) is 0 Å². The number of hydrogen-bond acceptors (Lipinski definition) is 4. The molecule has 3 aromatic rings. The van der Waals surface area contributed by atoms with Crippen LogP contribution in [0.4, 0.5) is 5.69 Å². The van der Waals surface area contributed by atoms with Crippen LogP contribution in [-0.2, 0) is 13.0 Å². The van der Waals surface area contributed by atoms with E-state index < -0.39 is 0 Å². The SMILES string of the molecule is COc1ccccc1N(C)C(=O)c1cc(C)nc2c1nc1n2CCCCC1. The third-order valence-electron chi connectivity index (χ3n) is 5.17. The van der Waals surface area contributed by atoms with Gasteiger partial charge in [-0.1, -0.05) is 18.6 Å². The molecular formula is C21H24N4O2. The summed E-state index contributed by atoms with van der Waals surface area (Å²) in [5.74, 6) is 1.59. The molecule has 0 unspecified atom stereocenters. The second-order valence-electron chi connectivity index (χ2n) is 7.01. The number of aromatic nitrogens is 3. The molecule has 0 spiro atoms. The average molecular weight is 364 g/mol. The number of pyridine rings is 1. The molecule has 0 saturated carbocycles. The lowest BCUT2D eigenvalue weighted by molar-refractivity contribution is 0.0993. The minimum atomic E-state index is -0.108. The molecule has 0 bridgehead atoms. The number of nitrogens with zero attached hydrogens (tertiary/aromatic N) is 4. The lowest BCUT2D eigenvalue weighted by Gasteiger charge is -2.20. The Balaban J connectivity index is 1.82. The Morgan fingerprint density at radius 3 is 2.81 bits per heavy atom. The molecule has 0 aliphatic carbocycles. The van der Waals surface area contributed by atoms with Crippen molar-refractivity contribution in [2.24, 2.45) is 0 Å². The summed E-state index contributed by atoms with van der Waals surface area (Å²) in [6.07, 6.45) is 4.40. The van der Waals surface area contributed by atoms with Gasteiger partial charge in [-0.25, -0.2) is 9.97 Å². The first-order valence-corrected chi connectivity index (χ1v) is 9.38. The molecule has 4 rings (SSSR count). The van der Waals surface area contributed by atoms with Gasteiger partial charge < -0.3 is 14.2 Å². The third-order valence-corrected chi connectivity index (χ3v) is 5.17. The largest absolute Gasteiger partial charge is 0.495 e. The van der Waals surface area contributed by atoms with Crippen LogP contribution in [0.15, 0.2) is 30.3 Å². The summed E-state index contributed by atoms with van der Waals surface area (Å²) in [5, 5.41) is 0. The van der Waals surface area contributed by atoms with Gasteiger partial charge >= 0.3 is 0 Å². The van der Waals surface area contributed by atoms with E-state index in [9.17, 15) is 4.79 Å². The third kappa shape index (κ3) is 3.05. The maximum atomic E-state index is 13.4. The standard InChI is InChI=1S/C21H24N4O2/c1-14-13-15(21(26)24(2)16-9-6-7-10-17(16)27-3)19-20(22-14)25-12-8-4-5-11-18(25)23-19/h6-7,9-10,13H,4-5,8,11-12H2,1-3H3. The molecule has 1 aromatic carbocycles. The van der Waals surface area contributed by atoms with Crippen molar-refractivity contribution in [3.05, 3.63) is 47.4 Å². The van der Waals surface area contributed by atoms with E-state index in [4.69, 9.17) is 14.7 Å². The van der Waals surface area contributed by atoms with Crippen molar-refractivity contribution >= 4 is 22.8 Å². The maximum Gasteiger partial charge on any atom is 0.260 e. The number of fused-ring (bicyclic) bond motifs is 3. The van der Waals surface area contributed by atoms with Gasteiger partial charge in [0.1, 0.15) is 17.1 Å². The van der Waals surface area contributed by atoms with E-state index >= 15 is 0 Å². The Hall–Kier alpha value is -2.89. The molecule has 140 valence electrons. The molecule has 1 amide bonds. The van der Waals surface area contributed by atoms with Crippen molar-refractivity contribution in [3.63, 3.8) is 0 Å². The molecule has 1 aliphatic rings. The minimum absolute atomic E-state index is 0.108. The van der Waals surface area contributed by atoms with Crippen LogP contribution in [0.25, 0.3) is 11.2 Å². The van der Waals surface area contributed by atoms with Gasteiger partial charge in [-0.2, -0.15) is 0 Å². The Morgan fingerprint density at radius 1 is 1.19 bits per heavy atom. The van der Waals surface area contributed by atoms with Crippen molar-refractivity contribution in [1.29, 1.82) is 0 Å². The lowest BCUT2D eigenvalue weighted by atomic mass is 10.1. The second-order valence-corrected chi connectivity index (χ2v) is 7.01. The number of aryl methyl sites for hydroxylation is 3. The number of imidazole rings is 1. The summed E-state index contributed by atoms with van der Waals surface area (Å²) < 4.78 is 7.61. The van der Waals surface area contributed by atoms with Gasteiger partial charge in [0.25, 0.3) is 5.91 Å². The number of benzene rings is 1. The molecule has 3 heterocycles. The molecule has 27 heavy (non-hydrogen) atoms. The first kappa shape index (κ1) is 17.5. The van der Waals surface area contributed by atoms with Crippen molar-refractivity contribution in [3.8, 4) is 5.75 Å². The van der Waals surface area contributed by atoms with Gasteiger partial charge in [0.2, 0.25) is 0 Å². The second kappa shape index (κ2) is 7.02. The molecule has 6 heteroatoms. The predicted molar refractivity (Wildman–Crippen MR) is 106 cm³/mol. The summed E-state index contributed by atoms with van der Waals surface area (Å²) in [5.41, 5.74) is 3.67. The summed E-state index contributed by atoms with van der Waals surface area (Å²) in [6, 6.07) is 9.36. The first-order valence-electron chi connectivity index (χ1n) is 9.38. The summed E-state index contributed by atoms with van der Waals surface area (Å²) in [4.78, 5) is 24.5. The summed E-state index contributed by atoms with van der Waals surface area (Å²) in [7, 11) is 3.38. The van der Waals surface area contributed by atoms with E-state index in [-0.39, 0.29) is 5.91 Å². The zero-order valence-electron chi connectivity index (χ0n) is 16.0. The van der Waals surface area contributed by atoms with E-state index in [0.29, 0.717) is 16.8 Å². The Bertz CT molecular complexity index is 1010. The van der Waals surface area contributed by atoms with Crippen molar-refractivity contribution in [2.75, 3.05) is 19.1 Å². The number of rotatable bonds is 3. The van der Waals surface area contributed by atoms with Crippen molar-refractivity contribution in [2.45, 2.75) is 39.2 Å². The fourth-order valence-electron chi connectivity index (χ4n) is 3.78. The number of carbonyl (C=O) groups is 1. The van der Waals surface area contributed by atoms with Gasteiger partial charge in [0.15, 0.2) is 5.65 Å². The average Bonchev–Trinajstić information content (AvgIpc) is 2.87. The fraction of sp³-hybridized carbons (Fsp3) is 0.381. The number of ether oxygens (including phenoxy) is 1. The minimum Gasteiger partial charge on any atom is -0.495 e. The molecule has 1 aliphatic heterocycles. The molecule has 0 fully saturated rings. The number of methoxy groups -OCH3 is 1. The van der Waals surface area contributed by atoms with E-state index in [1.54, 1.807) is 19.1 Å².